The van der Waals surface area contributed by atoms with E-state index < -0.39 is 10.0 Å². The lowest BCUT2D eigenvalue weighted by atomic mass is 9.97. The maximum Gasteiger partial charge on any atom is 0.252 e. The summed E-state index contributed by atoms with van der Waals surface area (Å²) in [6, 6.07) is 12.6. The van der Waals surface area contributed by atoms with Crippen LogP contribution in [0.3, 0.4) is 0 Å². The van der Waals surface area contributed by atoms with E-state index in [1.165, 1.54) is 22.5 Å². The summed E-state index contributed by atoms with van der Waals surface area (Å²) in [5.74, 6) is 0. The van der Waals surface area contributed by atoms with Gasteiger partial charge in [0.15, 0.2) is 0 Å². The highest BCUT2D eigenvalue weighted by molar-refractivity contribution is 7.91. The summed E-state index contributed by atoms with van der Waals surface area (Å²) in [5, 5.41) is 0. The van der Waals surface area contributed by atoms with Gasteiger partial charge in [0.05, 0.1) is 0 Å². The van der Waals surface area contributed by atoms with E-state index in [1.807, 2.05) is 6.07 Å². The van der Waals surface area contributed by atoms with Gasteiger partial charge in [-0.05, 0) is 36.1 Å². The Morgan fingerprint density at radius 1 is 1.12 bits per heavy atom. The second-order valence-corrected chi connectivity index (χ2v) is 9.87. The van der Waals surface area contributed by atoms with E-state index >= 15 is 0 Å². The number of sulfonamides is 1. The number of hydrogen-bond acceptors (Lipinski definition) is 4. The van der Waals surface area contributed by atoms with Gasteiger partial charge in [-0.2, -0.15) is 4.31 Å². The second-order valence-electron chi connectivity index (χ2n) is 6.54. The number of benzene rings is 1. The van der Waals surface area contributed by atoms with E-state index in [9.17, 15) is 8.42 Å². The van der Waals surface area contributed by atoms with Gasteiger partial charge in [-0.3, -0.25) is 4.90 Å². The highest BCUT2D eigenvalue weighted by Crippen LogP contribution is 2.31. The van der Waals surface area contributed by atoms with Gasteiger partial charge >= 0.3 is 0 Å². The first kappa shape index (κ1) is 16.3. The van der Waals surface area contributed by atoms with Gasteiger partial charge in [-0.25, -0.2) is 8.42 Å². The van der Waals surface area contributed by atoms with Gasteiger partial charge in [-0.1, -0.05) is 31.2 Å². The molecule has 0 radical (unpaired) electrons. The summed E-state index contributed by atoms with van der Waals surface area (Å²) in [4.78, 5) is 3.55. The van der Waals surface area contributed by atoms with Crippen molar-refractivity contribution in [3.8, 4) is 0 Å². The first-order valence-corrected chi connectivity index (χ1v) is 10.7. The third-order valence-corrected chi connectivity index (χ3v) is 8.61. The zero-order chi connectivity index (χ0) is 16.7. The van der Waals surface area contributed by atoms with Crippen molar-refractivity contribution in [2.24, 2.45) is 0 Å². The van der Waals surface area contributed by atoms with Crippen molar-refractivity contribution >= 4 is 21.4 Å². The first-order chi connectivity index (χ1) is 11.6. The SMILES string of the molecule is CCc1ccc(S(=O)(=O)N2CC(N3CCc4ccccc4C3)C2)s1. The molecule has 0 bridgehead atoms. The van der Waals surface area contributed by atoms with Gasteiger partial charge in [-0.15, -0.1) is 11.3 Å². The van der Waals surface area contributed by atoms with Crippen LogP contribution in [0.5, 0.6) is 0 Å². The van der Waals surface area contributed by atoms with E-state index in [-0.39, 0.29) is 0 Å². The summed E-state index contributed by atoms with van der Waals surface area (Å²) >= 11 is 1.40. The number of nitrogens with zero attached hydrogens (tertiary/aromatic N) is 2. The highest BCUT2D eigenvalue weighted by atomic mass is 32.2. The monoisotopic (exact) mass is 362 g/mol. The summed E-state index contributed by atoms with van der Waals surface area (Å²) in [6.07, 6.45) is 1.94. The fraction of sp³-hybridized carbons (Fsp3) is 0.444. The Labute approximate surface area is 147 Å². The van der Waals surface area contributed by atoms with Crippen LogP contribution in [-0.4, -0.2) is 43.3 Å². The molecule has 3 heterocycles. The third kappa shape index (κ3) is 2.81. The molecule has 4 nitrogen and oxygen atoms in total. The Hall–Kier alpha value is -1.21. The normalized spacial score (nSPS) is 19.9. The molecule has 0 spiro atoms. The Morgan fingerprint density at radius 2 is 1.88 bits per heavy atom. The summed E-state index contributed by atoms with van der Waals surface area (Å²) in [5.41, 5.74) is 2.82. The van der Waals surface area contributed by atoms with Crippen LogP contribution in [0.25, 0.3) is 0 Å². The van der Waals surface area contributed by atoms with Crippen molar-refractivity contribution in [1.29, 1.82) is 0 Å². The van der Waals surface area contributed by atoms with Crippen molar-refractivity contribution in [2.75, 3.05) is 19.6 Å². The minimum atomic E-state index is -3.30. The largest absolute Gasteiger partial charge is 0.293 e. The lowest BCUT2D eigenvalue weighted by Gasteiger charge is -2.45. The molecule has 2 aliphatic rings. The van der Waals surface area contributed by atoms with E-state index in [0.29, 0.717) is 23.3 Å². The van der Waals surface area contributed by atoms with Gasteiger partial charge in [0.25, 0.3) is 10.0 Å². The Balaban J connectivity index is 1.41. The zero-order valence-corrected chi connectivity index (χ0v) is 15.4. The van der Waals surface area contributed by atoms with E-state index in [1.54, 1.807) is 10.4 Å². The maximum atomic E-state index is 12.7. The van der Waals surface area contributed by atoms with Gasteiger partial charge < -0.3 is 0 Å². The third-order valence-electron chi connectivity index (χ3n) is 5.08. The van der Waals surface area contributed by atoms with Crippen LogP contribution in [0.15, 0.2) is 40.6 Å². The molecule has 0 saturated carbocycles. The first-order valence-electron chi connectivity index (χ1n) is 8.47. The zero-order valence-electron chi connectivity index (χ0n) is 13.8. The molecule has 0 atom stereocenters. The van der Waals surface area contributed by atoms with Crippen molar-refractivity contribution in [3.63, 3.8) is 0 Å². The van der Waals surface area contributed by atoms with Crippen LogP contribution in [-0.2, 0) is 29.4 Å². The Bertz CT molecular complexity index is 838. The van der Waals surface area contributed by atoms with Crippen molar-refractivity contribution in [2.45, 2.75) is 36.6 Å². The molecule has 1 saturated heterocycles. The number of thiophene rings is 1. The topological polar surface area (TPSA) is 40.6 Å². The van der Waals surface area contributed by atoms with Crippen LogP contribution >= 0.6 is 11.3 Å². The second kappa shape index (κ2) is 6.26. The van der Waals surface area contributed by atoms with Crippen molar-refractivity contribution < 1.29 is 8.42 Å². The molecular weight excluding hydrogens is 340 g/mol. The average Bonchev–Trinajstić information content (AvgIpc) is 3.03. The van der Waals surface area contributed by atoms with E-state index in [4.69, 9.17) is 0 Å². The van der Waals surface area contributed by atoms with E-state index in [0.717, 1.165) is 30.8 Å². The summed E-state index contributed by atoms with van der Waals surface area (Å²) in [7, 11) is -3.30. The number of aryl methyl sites for hydroxylation is 1. The molecule has 0 unspecified atom stereocenters. The van der Waals surface area contributed by atoms with Gasteiger partial charge in [0.1, 0.15) is 4.21 Å². The van der Waals surface area contributed by atoms with Crippen molar-refractivity contribution in [1.82, 2.24) is 9.21 Å². The molecule has 0 N–H and O–H groups in total. The summed E-state index contributed by atoms with van der Waals surface area (Å²) < 4.78 is 27.5. The fourth-order valence-electron chi connectivity index (χ4n) is 3.49. The van der Waals surface area contributed by atoms with Crippen LogP contribution < -0.4 is 0 Å². The molecule has 0 aliphatic carbocycles. The molecule has 24 heavy (non-hydrogen) atoms. The maximum absolute atomic E-state index is 12.7. The van der Waals surface area contributed by atoms with E-state index in [2.05, 4.69) is 36.1 Å². The minimum absolute atomic E-state index is 0.346. The quantitative estimate of drug-likeness (QED) is 0.840. The van der Waals surface area contributed by atoms with Crippen LogP contribution in [0.2, 0.25) is 0 Å². The number of hydrogen-bond donors (Lipinski definition) is 0. The number of fused-ring (bicyclic) bond motifs is 1. The van der Waals surface area contributed by atoms with Gasteiger partial charge in [0.2, 0.25) is 0 Å². The predicted molar refractivity (Wildman–Crippen MR) is 96.8 cm³/mol. The molecule has 2 aromatic rings. The lowest BCUT2D eigenvalue weighted by molar-refractivity contribution is 0.0770. The lowest BCUT2D eigenvalue weighted by Crippen LogP contribution is -2.61. The average molecular weight is 363 g/mol. The molecule has 2 aliphatic heterocycles. The molecule has 6 heteroatoms. The molecule has 0 amide bonds. The molecule has 4 rings (SSSR count). The standard InChI is InChI=1S/C18H22N2O2S2/c1-2-17-7-8-18(23-17)24(21,22)20-12-16(13-20)19-10-9-14-5-3-4-6-15(14)11-19/h3-8,16H,2,9-13H2,1H3. The minimum Gasteiger partial charge on any atom is -0.293 e. The Kier molecular flexibility index (Phi) is 4.24. The molecule has 1 fully saturated rings. The fourth-order valence-corrected chi connectivity index (χ4v) is 6.45. The van der Waals surface area contributed by atoms with Gasteiger partial charge in [0, 0.05) is 37.1 Å². The van der Waals surface area contributed by atoms with Crippen molar-refractivity contribution in [3.05, 3.63) is 52.4 Å². The molecular formula is C18H22N2O2S2. The smallest absolute Gasteiger partial charge is 0.252 e. The Morgan fingerprint density at radius 3 is 2.58 bits per heavy atom. The highest BCUT2D eigenvalue weighted by Gasteiger charge is 2.40. The molecule has 1 aromatic carbocycles. The van der Waals surface area contributed by atoms with Crippen LogP contribution in [0.4, 0.5) is 0 Å². The van der Waals surface area contributed by atoms with Crippen LogP contribution in [0, 0.1) is 0 Å². The predicted octanol–water partition coefficient (Wildman–Crippen LogP) is 2.74. The van der Waals surface area contributed by atoms with Crippen LogP contribution in [0.1, 0.15) is 22.9 Å². The molecule has 128 valence electrons. The summed E-state index contributed by atoms with van der Waals surface area (Å²) in [6.45, 7) is 5.24. The number of rotatable bonds is 4. The molecule has 1 aromatic heterocycles.